The molecular weight excluding hydrogens is 398 g/mol. The number of urea groups is 1. The first-order chi connectivity index (χ1) is 15.1. The molecule has 0 radical (unpaired) electrons. The predicted molar refractivity (Wildman–Crippen MR) is 118 cm³/mol. The first-order valence-corrected chi connectivity index (χ1v) is 10.5. The van der Waals surface area contributed by atoms with Crippen LogP contribution in [0, 0.1) is 0 Å². The minimum absolute atomic E-state index is 0.196. The van der Waals surface area contributed by atoms with Crippen LogP contribution in [0.25, 0.3) is 0 Å². The minimum atomic E-state index is -0.511. The van der Waals surface area contributed by atoms with Gasteiger partial charge in [0, 0.05) is 25.3 Å². The van der Waals surface area contributed by atoms with Gasteiger partial charge in [-0.05, 0) is 49.2 Å². The van der Waals surface area contributed by atoms with Crippen LogP contribution in [0.1, 0.15) is 12.8 Å². The highest BCUT2D eigenvalue weighted by Crippen LogP contribution is 2.22. The number of likely N-dealkylation sites (tertiary alicyclic amines) is 1. The van der Waals surface area contributed by atoms with E-state index in [1.165, 1.54) is 0 Å². The second-order valence-corrected chi connectivity index (χ2v) is 7.50. The number of rotatable bonds is 5. The van der Waals surface area contributed by atoms with Crippen molar-refractivity contribution in [2.75, 3.05) is 55.5 Å². The van der Waals surface area contributed by atoms with E-state index < -0.39 is 6.04 Å². The van der Waals surface area contributed by atoms with Gasteiger partial charge in [0.1, 0.15) is 17.6 Å². The van der Waals surface area contributed by atoms with Gasteiger partial charge in [-0.15, -0.1) is 0 Å². The molecule has 2 aliphatic heterocycles. The molecule has 2 N–H and O–H groups in total. The number of nitrogens with one attached hydrogen (secondary N) is 2. The van der Waals surface area contributed by atoms with Crippen LogP contribution in [0.15, 0.2) is 42.6 Å². The van der Waals surface area contributed by atoms with E-state index in [1.807, 2.05) is 12.1 Å². The highest BCUT2D eigenvalue weighted by atomic mass is 16.5. The summed E-state index contributed by atoms with van der Waals surface area (Å²) in [5, 5.41) is 5.75. The Hall–Kier alpha value is -3.33. The van der Waals surface area contributed by atoms with Crippen LogP contribution >= 0.6 is 0 Å². The summed E-state index contributed by atoms with van der Waals surface area (Å²) in [6.07, 6.45) is 3.05. The van der Waals surface area contributed by atoms with Gasteiger partial charge in [-0.25, -0.2) is 9.78 Å². The van der Waals surface area contributed by atoms with Crippen molar-refractivity contribution in [1.82, 2.24) is 9.88 Å². The SMILES string of the molecule is COc1ccc(NC(=O)[C@@H]2CCCN2C(=O)Nc2ccc(N3CCOCC3)nc2)cc1. The summed E-state index contributed by atoms with van der Waals surface area (Å²) in [6, 6.07) is 10.0. The lowest BCUT2D eigenvalue weighted by molar-refractivity contribution is -0.119. The molecule has 3 amide bonds. The maximum absolute atomic E-state index is 12.8. The van der Waals surface area contributed by atoms with Crippen LogP contribution in [0.3, 0.4) is 0 Å². The highest BCUT2D eigenvalue weighted by molar-refractivity contribution is 5.99. The number of anilines is 3. The molecule has 164 valence electrons. The molecule has 4 rings (SSSR count). The molecular formula is C22H27N5O4. The zero-order valence-electron chi connectivity index (χ0n) is 17.5. The van der Waals surface area contributed by atoms with Crippen LogP contribution in [0.2, 0.25) is 0 Å². The number of pyridine rings is 1. The van der Waals surface area contributed by atoms with Crippen molar-refractivity contribution in [3.8, 4) is 5.75 Å². The fourth-order valence-corrected chi connectivity index (χ4v) is 3.82. The number of morpholine rings is 1. The Morgan fingerprint density at radius 3 is 2.45 bits per heavy atom. The molecule has 1 atom stereocenters. The molecule has 0 unspecified atom stereocenters. The van der Waals surface area contributed by atoms with E-state index in [0.717, 1.165) is 25.3 Å². The number of carbonyl (C=O) groups excluding carboxylic acids is 2. The summed E-state index contributed by atoms with van der Waals surface area (Å²) in [6.45, 7) is 3.52. The van der Waals surface area contributed by atoms with E-state index in [2.05, 4.69) is 20.5 Å². The van der Waals surface area contributed by atoms with E-state index in [0.29, 0.717) is 43.3 Å². The fourth-order valence-electron chi connectivity index (χ4n) is 3.82. The van der Waals surface area contributed by atoms with Crippen LogP contribution in [0.4, 0.5) is 22.0 Å². The van der Waals surface area contributed by atoms with Gasteiger partial charge >= 0.3 is 6.03 Å². The van der Waals surface area contributed by atoms with Crippen molar-refractivity contribution >= 4 is 29.1 Å². The van der Waals surface area contributed by atoms with E-state index in [1.54, 1.807) is 42.5 Å². The van der Waals surface area contributed by atoms with Gasteiger partial charge < -0.3 is 29.9 Å². The third-order valence-electron chi connectivity index (χ3n) is 5.51. The lowest BCUT2D eigenvalue weighted by atomic mass is 10.2. The number of nitrogens with zero attached hydrogens (tertiary/aromatic N) is 3. The zero-order chi connectivity index (χ0) is 21.6. The van der Waals surface area contributed by atoms with Crippen LogP contribution in [0.5, 0.6) is 5.75 Å². The smallest absolute Gasteiger partial charge is 0.322 e. The van der Waals surface area contributed by atoms with Crippen molar-refractivity contribution in [2.45, 2.75) is 18.9 Å². The second-order valence-electron chi connectivity index (χ2n) is 7.50. The Bertz CT molecular complexity index is 897. The standard InChI is InChI=1S/C22H27N5O4/c1-30-18-7-4-16(5-8-18)24-21(28)19-3-2-10-27(19)22(29)25-17-6-9-20(23-15-17)26-11-13-31-14-12-26/h4-9,15,19H,2-3,10-14H2,1H3,(H,24,28)(H,25,29)/t19-/m0/s1. The number of hydrogen-bond donors (Lipinski definition) is 2. The molecule has 2 fully saturated rings. The normalized spacial score (nSPS) is 18.5. The largest absolute Gasteiger partial charge is 0.497 e. The molecule has 0 spiro atoms. The third-order valence-corrected chi connectivity index (χ3v) is 5.51. The molecule has 2 aromatic rings. The van der Waals surface area contributed by atoms with Crippen molar-refractivity contribution in [2.24, 2.45) is 0 Å². The van der Waals surface area contributed by atoms with Gasteiger partial charge in [0.15, 0.2) is 0 Å². The van der Waals surface area contributed by atoms with E-state index in [9.17, 15) is 9.59 Å². The number of carbonyl (C=O) groups is 2. The van der Waals surface area contributed by atoms with E-state index in [4.69, 9.17) is 9.47 Å². The van der Waals surface area contributed by atoms with Gasteiger partial charge in [-0.1, -0.05) is 0 Å². The highest BCUT2D eigenvalue weighted by Gasteiger charge is 2.34. The molecule has 0 saturated carbocycles. The Morgan fingerprint density at radius 1 is 1.03 bits per heavy atom. The number of aromatic nitrogens is 1. The Balaban J connectivity index is 1.35. The van der Waals surface area contributed by atoms with Gasteiger partial charge in [0.05, 0.1) is 32.2 Å². The topological polar surface area (TPSA) is 96.0 Å². The Labute approximate surface area is 181 Å². The molecule has 0 aliphatic carbocycles. The summed E-state index contributed by atoms with van der Waals surface area (Å²) >= 11 is 0. The summed E-state index contributed by atoms with van der Waals surface area (Å²) in [5.41, 5.74) is 1.27. The summed E-state index contributed by atoms with van der Waals surface area (Å²) < 4.78 is 10.5. The zero-order valence-corrected chi connectivity index (χ0v) is 17.5. The summed E-state index contributed by atoms with van der Waals surface area (Å²) in [4.78, 5) is 33.8. The number of hydrogen-bond acceptors (Lipinski definition) is 6. The van der Waals surface area contributed by atoms with E-state index in [-0.39, 0.29) is 11.9 Å². The molecule has 3 heterocycles. The maximum Gasteiger partial charge on any atom is 0.322 e. The molecule has 1 aromatic heterocycles. The van der Waals surface area contributed by atoms with Gasteiger partial charge in [0.2, 0.25) is 5.91 Å². The third kappa shape index (κ3) is 5.05. The Kier molecular flexibility index (Phi) is 6.51. The average Bonchev–Trinajstić information content (AvgIpc) is 3.31. The molecule has 9 heteroatoms. The number of ether oxygens (including phenoxy) is 2. The Morgan fingerprint density at radius 2 is 1.77 bits per heavy atom. The first kappa shape index (κ1) is 20.9. The van der Waals surface area contributed by atoms with Gasteiger partial charge in [0.25, 0.3) is 0 Å². The molecule has 0 bridgehead atoms. The van der Waals surface area contributed by atoms with Crippen molar-refractivity contribution in [3.63, 3.8) is 0 Å². The van der Waals surface area contributed by atoms with Crippen molar-refractivity contribution < 1.29 is 19.1 Å². The monoisotopic (exact) mass is 425 g/mol. The summed E-state index contributed by atoms with van der Waals surface area (Å²) in [5.74, 6) is 1.38. The lowest BCUT2D eigenvalue weighted by Gasteiger charge is -2.28. The van der Waals surface area contributed by atoms with Crippen LogP contribution in [-0.2, 0) is 9.53 Å². The first-order valence-electron chi connectivity index (χ1n) is 10.5. The average molecular weight is 425 g/mol. The maximum atomic E-state index is 12.8. The lowest BCUT2D eigenvalue weighted by Crippen LogP contribution is -2.45. The molecule has 9 nitrogen and oxygen atoms in total. The quantitative estimate of drug-likeness (QED) is 0.764. The number of methoxy groups -OCH3 is 1. The second kappa shape index (κ2) is 9.65. The van der Waals surface area contributed by atoms with Gasteiger partial charge in [-0.2, -0.15) is 0 Å². The fraction of sp³-hybridized carbons (Fsp3) is 0.409. The van der Waals surface area contributed by atoms with Crippen LogP contribution in [-0.4, -0.2) is 67.8 Å². The van der Waals surface area contributed by atoms with E-state index >= 15 is 0 Å². The molecule has 2 saturated heterocycles. The van der Waals surface area contributed by atoms with Crippen molar-refractivity contribution in [1.29, 1.82) is 0 Å². The van der Waals surface area contributed by atoms with Crippen molar-refractivity contribution in [3.05, 3.63) is 42.6 Å². The van der Waals surface area contributed by atoms with Gasteiger partial charge in [-0.3, -0.25) is 4.79 Å². The minimum Gasteiger partial charge on any atom is -0.497 e. The number of benzene rings is 1. The van der Waals surface area contributed by atoms with Crippen LogP contribution < -0.4 is 20.3 Å². The summed E-state index contributed by atoms with van der Waals surface area (Å²) in [7, 11) is 1.59. The molecule has 1 aromatic carbocycles. The predicted octanol–water partition coefficient (Wildman–Crippen LogP) is 2.56. The number of amides is 3. The molecule has 31 heavy (non-hydrogen) atoms. The molecule has 2 aliphatic rings.